The molecule has 1 aliphatic heterocycles. The second-order valence-electron chi connectivity index (χ2n) is 4.80. The molecule has 0 bridgehead atoms. The van der Waals surface area contributed by atoms with Gasteiger partial charge in [-0.15, -0.1) is 0 Å². The molecule has 1 atom stereocenters. The van der Waals surface area contributed by atoms with Gasteiger partial charge < -0.3 is 10.4 Å². The Hall–Kier alpha value is -1.99. The number of aliphatic hydroxyl groups excluding tert-OH is 1. The Bertz CT molecular complexity index is 489. The number of nitrogens with one attached hydrogen (secondary N) is 1. The molecular formula is C13H17N3O4. The number of nitro groups is 1. The van der Waals surface area contributed by atoms with Crippen LogP contribution < -0.4 is 5.32 Å². The second-order valence-corrected chi connectivity index (χ2v) is 4.80. The fourth-order valence-corrected chi connectivity index (χ4v) is 2.36. The second kappa shape index (κ2) is 6.44. The zero-order valence-corrected chi connectivity index (χ0v) is 11.0. The first-order chi connectivity index (χ1) is 9.60. The number of non-ortho nitro benzene ring substituents is 1. The number of carbonyl (C=O) groups is 1. The molecule has 1 aromatic rings. The Morgan fingerprint density at radius 1 is 1.45 bits per heavy atom. The summed E-state index contributed by atoms with van der Waals surface area (Å²) in [5, 5.41) is 22.4. The first-order valence-corrected chi connectivity index (χ1v) is 6.49. The number of rotatable bonds is 5. The average Bonchev–Trinajstić information content (AvgIpc) is 2.86. The van der Waals surface area contributed by atoms with E-state index in [-0.39, 0.29) is 30.8 Å². The summed E-state index contributed by atoms with van der Waals surface area (Å²) in [4.78, 5) is 23.9. The predicted molar refractivity (Wildman–Crippen MR) is 73.4 cm³/mol. The van der Waals surface area contributed by atoms with E-state index in [1.807, 2.05) is 4.90 Å². The van der Waals surface area contributed by atoms with E-state index < -0.39 is 4.92 Å². The van der Waals surface area contributed by atoms with Crippen LogP contribution in [0.4, 0.5) is 11.4 Å². The molecule has 7 heteroatoms. The summed E-state index contributed by atoms with van der Waals surface area (Å²) in [7, 11) is 0. The molecule has 1 saturated heterocycles. The lowest BCUT2D eigenvalue weighted by atomic mass is 10.2. The topological polar surface area (TPSA) is 95.7 Å². The SMILES string of the molecule is O=C(CN1CCC[C@@H]1CO)Nc1ccc([N+](=O)[O-])cc1. The van der Waals surface area contributed by atoms with Gasteiger partial charge in [-0.2, -0.15) is 0 Å². The summed E-state index contributed by atoms with van der Waals surface area (Å²) >= 11 is 0. The molecule has 0 aromatic heterocycles. The number of nitrogens with zero attached hydrogens (tertiary/aromatic N) is 2. The quantitative estimate of drug-likeness (QED) is 0.619. The summed E-state index contributed by atoms with van der Waals surface area (Å²) in [5.41, 5.74) is 0.517. The lowest BCUT2D eigenvalue weighted by Crippen LogP contribution is -2.38. The number of anilines is 1. The summed E-state index contributed by atoms with van der Waals surface area (Å²) in [6.07, 6.45) is 1.89. The van der Waals surface area contributed by atoms with Gasteiger partial charge in [-0.3, -0.25) is 19.8 Å². The highest BCUT2D eigenvalue weighted by Gasteiger charge is 2.25. The van der Waals surface area contributed by atoms with E-state index in [0.29, 0.717) is 5.69 Å². The maximum atomic E-state index is 11.9. The predicted octanol–water partition coefficient (Wildman–Crippen LogP) is 0.990. The van der Waals surface area contributed by atoms with E-state index in [2.05, 4.69) is 5.32 Å². The molecule has 108 valence electrons. The van der Waals surface area contributed by atoms with Crippen molar-refractivity contribution in [2.75, 3.05) is 25.0 Å². The third-order valence-corrected chi connectivity index (χ3v) is 3.42. The number of carbonyl (C=O) groups excluding carboxylic acids is 1. The van der Waals surface area contributed by atoms with E-state index in [4.69, 9.17) is 0 Å². The zero-order valence-electron chi connectivity index (χ0n) is 11.0. The molecule has 1 aromatic carbocycles. The van der Waals surface area contributed by atoms with Gasteiger partial charge >= 0.3 is 0 Å². The molecule has 1 amide bonds. The molecule has 0 unspecified atom stereocenters. The smallest absolute Gasteiger partial charge is 0.269 e. The fraction of sp³-hybridized carbons (Fsp3) is 0.462. The van der Waals surface area contributed by atoms with Crippen molar-refractivity contribution < 1.29 is 14.8 Å². The number of aliphatic hydroxyl groups is 1. The van der Waals surface area contributed by atoms with Crippen LogP contribution in [0.3, 0.4) is 0 Å². The van der Waals surface area contributed by atoms with Crippen molar-refractivity contribution in [2.45, 2.75) is 18.9 Å². The lowest BCUT2D eigenvalue weighted by Gasteiger charge is -2.21. The van der Waals surface area contributed by atoms with Gasteiger partial charge in [0, 0.05) is 23.9 Å². The van der Waals surface area contributed by atoms with Crippen molar-refractivity contribution in [2.24, 2.45) is 0 Å². The van der Waals surface area contributed by atoms with Gasteiger partial charge in [-0.25, -0.2) is 0 Å². The number of likely N-dealkylation sites (tertiary alicyclic amines) is 1. The number of nitro benzene ring substituents is 1. The first-order valence-electron chi connectivity index (χ1n) is 6.49. The number of hydrogen-bond donors (Lipinski definition) is 2. The van der Waals surface area contributed by atoms with Crippen LogP contribution in [0.25, 0.3) is 0 Å². The van der Waals surface area contributed by atoms with Gasteiger partial charge in [0.2, 0.25) is 5.91 Å². The highest BCUT2D eigenvalue weighted by molar-refractivity contribution is 5.92. The van der Waals surface area contributed by atoms with Crippen LogP contribution in [0.5, 0.6) is 0 Å². The highest BCUT2D eigenvalue weighted by Crippen LogP contribution is 2.18. The van der Waals surface area contributed by atoms with Crippen LogP contribution in [0.2, 0.25) is 0 Å². The van der Waals surface area contributed by atoms with Crippen molar-refractivity contribution in [3.05, 3.63) is 34.4 Å². The molecule has 1 aliphatic rings. The molecule has 0 spiro atoms. The number of amides is 1. The Kier molecular flexibility index (Phi) is 4.65. The lowest BCUT2D eigenvalue weighted by molar-refractivity contribution is -0.384. The van der Waals surface area contributed by atoms with Crippen LogP contribution >= 0.6 is 0 Å². The van der Waals surface area contributed by atoms with Gasteiger partial charge in [0.25, 0.3) is 5.69 Å². The molecule has 2 N–H and O–H groups in total. The van der Waals surface area contributed by atoms with E-state index in [0.717, 1.165) is 19.4 Å². The zero-order chi connectivity index (χ0) is 14.5. The molecule has 0 saturated carbocycles. The third kappa shape index (κ3) is 3.52. The van der Waals surface area contributed by atoms with Crippen molar-refractivity contribution in [3.63, 3.8) is 0 Å². The van der Waals surface area contributed by atoms with Crippen LogP contribution in [0.15, 0.2) is 24.3 Å². The number of benzene rings is 1. The Morgan fingerprint density at radius 2 is 2.15 bits per heavy atom. The molecule has 0 radical (unpaired) electrons. The van der Waals surface area contributed by atoms with Gasteiger partial charge in [-0.1, -0.05) is 0 Å². The monoisotopic (exact) mass is 279 g/mol. The summed E-state index contributed by atoms with van der Waals surface area (Å²) in [5.74, 6) is -0.181. The largest absolute Gasteiger partial charge is 0.395 e. The van der Waals surface area contributed by atoms with Gasteiger partial charge in [0.15, 0.2) is 0 Å². The number of hydrogen-bond acceptors (Lipinski definition) is 5. The fourth-order valence-electron chi connectivity index (χ4n) is 2.36. The molecule has 0 aliphatic carbocycles. The molecule has 1 fully saturated rings. The van der Waals surface area contributed by atoms with Crippen molar-refractivity contribution in [3.8, 4) is 0 Å². The summed E-state index contributed by atoms with van der Waals surface area (Å²) < 4.78 is 0. The molecule has 7 nitrogen and oxygen atoms in total. The first kappa shape index (κ1) is 14.4. The Morgan fingerprint density at radius 3 is 2.75 bits per heavy atom. The molecule has 1 heterocycles. The minimum Gasteiger partial charge on any atom is -0.395 e. The molecular weight excluding hydrogens is 262 g/mol. The normalized spacial score (nSPS) is 18.9. The van der Waals surface area contributed by atoms with Gasteiger partial charge in [-0.05, 0) is 31.5 Å². The maximum Gasteiger partial charge on any atom is 0.269 e. The Labute approximate surface area is 116 Å². The Balaban J connectivity index is 1.89. The van der Waals surface area contributed by atoms with Gasteiger partial charge in [0.05, 0.1) is 18.1 Å². The van der Waals surface area contributed by atoms with E-state index >= 15 is 0 Å². The highest BCUT2D eigenvalue weighted by atomic mass is 16.6. The molecule has 20 heavy (non-hydrogen) atoms. The summed E-state index contributed by atoms with van der Waals surface area (Å²) in [6.45, 7) is 1.09. The van der Waals surface area contributed by atoms with Crippen molar-refractivity contribution >= 4 is 17.3 Å². The van der Waals surface area contributed by atoms with E-state index in [1.54, 1.807) is 0 Å². The van der Waals surface area contributed by atoms with E-state index in [1.165, 1.54) is 24.3 Å². The van der Waals surface area contributed by atoms with Crippen LogP contribution in [-0.4, -0.2) is 46.6 Å². The van der Waals surface area contributed by atoms with Crippen molar-refractivity contribution in [1.82, 2.24) is 4.90 Å². The van der Waals surface area contributed by atoms with Crippen LogP contribution in [0.1, 0.15) is 12.8 Å². The van der Waals surface area contributed by atoms with Gasteiger partial charge in [0.1, 0.15) is 0 Å². The maximum absolute atomic E-state index is 11.9. The standard InChI is InChI=1S/C13H17N3O4/c17-9-12-2-1-7-15(12)8-13(18)14-10-3-5-11(6-4-10)16(19)20/h3-6,12,17H,1-2,7-9H2,(H,14,18)/t12-/m1/s1. The minimum atomic E-state index is -0.484. The van der Waals surface area contributed by atoms with Crippen LogP contribution in [0, 0.1) is 10.1 Å². The van der Waals surface area contributed by atoms with Crippen molar-refractivity contribution in [1.29, 1.82) is 0 Å². The van der Waals surface area contributed by atoms with E-state index in [9.17, 15) is 20.0 Å². The third-order valence-electron chi connectivity index (χ3n) is 3.42. The van der Waals surface area contributed by atoms with Crippen LogP contribution in [-0.2, 0) is 4.79 Å². The minimum absolute atomic E-state index is 0.0112. The average molecular weight is 279 g/mol. The molecule has 2 rings (SSSR count). The summed E-state index contributed by atoms with van der Waals surface area (Å²) in [6, 6.07) is 5.76.